The number of carbonyl (C=O) groups is 2. The summed E-state index contributed by atoms with van der Waals surface area (Å²) in [7, 11) is 3.34. The van der Waals surface area contributed by atoms with Crippen molar-refractivity contribution in [3.63, 3.8) is 0 Å². The Morgan fingerprint density at radius 1 is 1.23 bits per heavy atom. The van der Waals surface area contributed by atoms with Crippen molar-refractivity contribution in [1.82, 2.24) is 15.4 Å². The molecule has 1 heterocycles. The van der Waals surface area contributed by atoms with Gasteiger partial charge in [-0.15, -0.1) is 12.4 Å². The van der Waals surface area contributed by atoms with Crippen molar-refractivity contribution in [2.45, 2.75) is 12.5 Å². The molecule has 0 spiro atoms. The molecule has 1 atom stereocenters. The van der Waals surface area contributed by atoms with Gasteiger partial charge in [0, 0.05) is 26.4 Å². The summed E-state index contributed by atoms with van der Waals surface area (Å²) in [5.41, 5.74) is 8.54. The van der Waals surface area contributed by atoms with Crippen molar-refractivity contribution < 1.29 is 19.5 Å². The quantitative estimate of drug-likeness (QED) is 0.514. The standard InChI is InChI=1S/C17H20N4O4.ClH/c1-21(2)17(23)14(18)9-11-3-6-13(7-4-11)25-15-8-5-12(10-19-15)16(22)20-24;/h3-8,10,14,24H,9,18H2,1-2H3,(H,20,22);1H/t14-;/m0./s1. The summed E-state index contributed by atoms with van der Waals surface area (Å²) in [6.07, 6.45) is 1.72. The first-order valence-corrected chi connectivity index (χ1v) is 7.54. The third-order valence-corrected chi connectivity index (χ3v) is 3.46. The molecule has 140 valence electrons. The van der Waals surface area contributed by atoms with Gasteiger partial charge in [0.2, 0.25) is 11.8 Å². The summed E-state index contributed by atoms with van der Waals surface area (Å²) in [4.78, 5) is 28.5. The predicted octanol–water partition coefficient (Wildman–Crippen LogP) is 1.37. The van der Waals surface area contributed by atoms with Crippen LogP contribution in [0.1, 0.15) is 15.9 Å². The zero-order chi connectivity index (χ0) is 18.4. The summed E-state index contributed by atoms with van der Waals surface area (Å²) in [6, 6.07) is 9.56. The van der Waals surface area contributed by atoms with E-state index >= 15 is 0 Å². The number of nitrogens with one attached hydrogen (secondary N) is 1. The monoisotopic (exact) mass is 380 g/mol. The molecule has 1 aromatic heterocycles. The van der Waals surface area contributed by atoms with Crippen molar-refractivity contribution in [2.24, 2.45) is 5.73 Å². The number of nitrogens with zero attached hydrogens (tertiary/aromatic N) is 2. The Morgan fingerprint density at radius 2 is 1.88 bits per heavy atom. The van der Waals surface area contributed by atoms with Crippen LogP contribution < -0.4 is 16.0 Å². The Labute approximate surface area is 157 Å². The van der Waals surface area contributed by atoms with Gasteiger partial charge >= 0.3 is 0 Å². The number of benzene rings is 1. The largest absolute Gasteiger partial charge is 0.439 e. The lowest BCUT2D eigenvalue weighted by Gasteiger charge is -2.16. The summed E-state index contributed by atoms with van der Waals surface area (Å²) in [5, 5.41) is 8.55. The van der Waals surface area contributed by atoms with E-state index in [1.165, 1.54) is 28.7 Å². The molecule has 2 aromatic rings. The minimum Gasteiger partial charge on any atom is -0.439 e. The number of carbonyl (C=O) groups excluding carboxylic acids is 2. The second kappa shape index (κ2) is 9.71. The number of hydrogen-bond donors (Lipinski definition) is 3. The van der Waals surface area contributed by atoms with Crippen LogP contribution in [-0.4, -0.2) is 47.0 Å². The number of pyridine rings is 1. The number of likely N-dealkylation sites (N-methyl/N-ethyl adjacent to an activating group) is 1. The number of hydrogen-bond acceptors (Lipinski definition) is 6. The Balaban J connectivity index is 0.00000338. The van der Waals surface area contributed by atoms with E-state index in [1.807, 2.05) is 12.1 Å². The smallest absolute Gasteiger partial charge is 0.276 e. The van der Waals surface area contributed by atoms with E-state index in [-0.39, 0.29) is 23.9 Å². The van der Waals surface area contributed by atoms with Gasteiger partial charge in [0.05, 0.1) is 11.6 Å². The van der Waals surface area contributed by atoms with Crippen LogP contribution in [0, 0.1) is 0 Å². The van der Waals surface area contributed by atoms with Crippen LogP contribution in [0.3, 0.4) is 0 Å². The summed E-state index contributed by atoms with van der Waals surface area (Å²) >= 11 is 0. The molecular formula is C17H21ClN4O4. The molecule has 26 heavy (non-hydrogen) atoms. The molecule has 0 aliphatic heterocycles. The molecule has 1 aromatic carbocycles. The van der Waals surface area contributed by atoms with Crippen molar-refractivity contribution in [3.8, 4) is 11.6 Å². The second-order valence-electron chi connectivity index (χ2n) is 5.62. The van der Waals surface area contributed by atoms with Gasteiger partial charge < -0.3 is 15.4 Å². The van der Waals surface area contributed by atoms with Gasteiger partial charge in [-0.2, -0.15) is 0 Å². The van der Waals surface area contributed by atoms with Gasteiger partial charge in [0.1, 0.15) is 5.75 Å². The topological polar surface area (TPSA) is 118 Å². The molecular weight excluding hydrogens is 360 g/mol. The van der Waals surface area contributed by atoms with E-state index in [0.717, 1.165) is 5.56 Å². The normalized spacial score (nSPS) is 11.1. The Kier molecular flexibility index (Phi) is 7.98. The zero-order valence-electron chi connectivity index (χ0n) is 14.4. The maximum atomic E-state index is 11.8. The van der Waals surface area contributed by atoms with Crippen LogP contribution in [0.4, 0.5) is 0 Å². The van der Waals surface area contributed by atoms with E-state index in [4.69, 9.17) is 15.7 Å². The highest BCUT2D eigenvalue weighted by Crippen LogP contribution is 2.20. The minimum absolute atomic E-state index is 0. The van der Waals surface area contributed by atoms with Gasteiger partial charge in [-0.05, 0) is 30.2 Å². The van der Waals surface area contributed by atoms with Crippen molar-refractivity contribution in [3.05, 3.63) is 53.7 Å². The number of ether oxygens (including phenoxy) is 1. The Hall–Kier alpha value is -2.68. The fraction of sp³-hybridized carbons (Fsp3) is 0.235. The first-order chi connectivity index (χ1) is 11.9. The van der Waals surface area contributed by atoms with Crippen LogP contribution in [0.15, 0.2) is 42.6 Å². The number of aromatic nitrogens is 1. The number of hydroxylamine groups is 1. The SMILES string of the molecule is CN(C)C(=O)[C@@H](N)Cc1ccc(Oc2ccc(C(=O)NO)cn2)cc1.Cl. The molecule has 0 fully saturated rings. The summed E-state index contributed by atoms with van der Waals surface area (Å²) in [6.45, 7) is 0. The highest BCUT2D eigenvalue weighted by molar-refractivity contribution is 5.93. The molecule has 0 aliphatic rings. The number of rotatable bonds is 6. The third kappa shape index (κ3) is 5.69. The first kappa shape index (κ1) is 21.4. The molecule has 0 saturated carbocycles. The first-order valence-electron chi connectivity index (χ1n) is 7.54. The van der Waals surface area contributed by atoms with Crippen molar-refractivity contribution in [2.75, 3.05) is 14.1 Å². The lowest BCUT2D eigenvalue weighted by Crippen LogP contribution is -2.41. The minimum atomic E-state index is -0.646. The summed E-state index contributed by atoms with van der Waals surface area (Å²) < 4.78 is 5.58. The van der Waals surface area contributed by atoms with Crippen molar-refractivity contribution >= 4 is 24.2 Å². The maximum absolute atomic E-state index is 11.8. The fourth-order valence-corrected chi connectivity index (χ4v) is 2.13. The molecule has 0 bridgehead atoms. The van der Waals surface area contributed by atoms with Gasteiger partial charge in [0.15, 0.2) is 0 Å². The second-order valence-corrected chi connectivity index (χ2v) is 5.62. The average molecular weight is 381 g/mol. The van der Waals surface area contributed by atoms with Gasteiger partial charge in [-0.25, -0.2) is 10.5 Å². The Morgan fingerprint density at radius 3 is 2.38 bits per heavy atom. The van der Waals surface area contributed by atoms with Gasteiger partial charge in [-0.3, -0.25) is 14.8 Å². The summed E-state index contributed by atoms with van der Waals surface area (Å²) in [5.74, 6) is 0.0911. The van der Waals surface area contributed by atoms with E-state index in [2.05, 4.69) is 4.98 Å². The highest BCUT2D eigenvalue weighted by Gasteiger charge is 2.15. The van der Waals surface area contributed by atoms with Gasteiger partial charge in [-0.1, -0.05) is 12.1 Å². The highest BCUT2D eigenvalue weighted by atomic mass is 35.5. The lowest BCUT2D eigenvalue weighted by atomic mass is 10.1. The third-order valence-electron chi connectivity index (χ3n) is 3.46. The predicted molar refractivity (Wildman–Crippen MR) is 97.6 cm³/mol. The fourth-order valence-electron chi connectivity index (χ4n) is 2.13. The molecule has 2 amide bonds. The van der Waals surface area contributed by atoms with E-state index in [1.54, 1.807) is 26.2 Å². The number of nitrogens with two attached hydrogens (primary N) is 1. The molecule has 0 aliphatic carbocycles. The van der Waals surface area contributed by atoms with Crippen LogP contribution >= 0.6 is 12.4 Å². The molecule has 0 radical (unpaired) electrons. The number of amides is 2. The van der Waals surface area contributed by atoms with Crippen LogP contribution in [0.5, 0.6) is 11.6 Å². The molecule has 0 unspecified atom stereocenters. The molecule has 4 N–H and O–H groups in total. The Bertz CT molecular complexity index is 735. The van der Waals surface area contributed by atoms with E-state index < -0.39 is 11.9 Å². The number of halogens is 1. The van der Waals surface area contributed by atoms with Gasteiger partial charge in [0.25, 0.3) is 5.91 Å². The van der Waals surface area contributed by atoms with Crippen LogP contribution in [0.25, 0.3) is 0 Å². The van der Waals surface area contributed by atoms with Crippen LogP contribution in [0.2, 0.25) is 0 Å². The van der Waals surface area contributed by atoms with Crippen molar-refractivity contribution in [1.29, 1.82) is 0 Å². The lowest BCUT2D eigenvalue weighted by molar-refractivity contribution is -0.130. The molecule has 2 rings (SSSR count). The molecule has 9 heteroatoms. The average Bonchev–Trinajstić information content (AvgIpc) is 2.62. The maximum Gasteiger partial charge on any atom is 0.276 e. The van der Waals surface area contributed by atoms with Crippen LogP contribution in [-0.2, 0) is 11.2 Å². The van der Waals surface area contributed by atoms with E-state index in [9.17, 15) is 9.59 Å². The van der Waals surface area contributed by atoms with E-state index in [0.29, 0.717) is 18.1 Å². The molecule has 0 saturated heterocycles. The zero-order valence-corrected chi connectivity index (χ0v) is 15.2. The molecule has 8 nitrogen and oxygen atoms in total.